The number of hydrogen-bond acceptors (Lipinski definition) is 9. The number of carbonyl (C=O) groups is 1. The van der Waals surface area contributed by atoms with E-state index in [1.807, 2.05) is 35.5 Å². The molecule has 2 N–H and O–H groups in total. The molecule has 0 aliphatic carbocycles. The first-order valence-corrected chi connectivity index (χ1v) is 14.9. The molecule has 0 radical (unpaired) electrons. The summed E-state index contributed by atoms with van der Waals surface area (Å²) in [6, 6.07) is 9.22. The summed E-state index contributed by atoms with van der Waals surface area (Å²) in [6.07, 6.45) is 9.93. The van der Waals surface area contributed by atoms with E-state index in [1.165, 1.54) is 0 Å². The lowest BCUT2D eigenvalue weighted by atomic mass is 9.85. The number of nitriles is 1. The number of pyridine rings is 2. The van der Waals surface area contributed by atoms with Crippen LogP contribution in [0.1, 0.15) is 51.5 Å². The van der Waals surface area contributed by atoms with Crippen LogP contribution in [-0.2, 0) is 4.79 Å². The van der Waals surface area contributed by atoms with E-state index in [9.17, 15) is 20.3 Å². The van der Waals surface area contributed by atoms with E-state index in [0.717, 1.165) is 55.6 Å². The minimum Gasteiger partial charge on any atom is -0.491 e. The maximum atomic E-state index is 12.6. The highest BCUT2D eigenvalue weighted by Crippen LogP contribution is 2.38. The van der Waals surface area contributed by atoms with E-state index in [4.69, 9.17) is 9.72 Å². The number of carbonyl (C=O) groups excluding carboxylic acids is 1. The lowest BCUT2D eigenvalue weighted by Crippen LogP contribution is -2.72. The summed E-state index contributed by atoms with van der Waals surface area (Å²) in [6.45, 7) is 5.78. The predicted octanol–water partition coefficient (Wildman–Crippen LogP) is 2.19. The van der Waals surface area contributed by atoms with Crippen molar-refractivity contribution >= 4 is 17.2 Å². The van der Waals surface area contributed by atoms with Crippen molar-refractivity contribution < 1.29 is 19.7 Å². The Labute approximate surface area is 244 Å². The number of amides is 1. The van der Waals surface area contributed by atoms with Gasteiger partial charge in [-0.25, -0.2) is 9.50 Å². The molecule has 5 aliphatic heterocycles. The number of aromatic nitrogens is 3. The Morgan fingerprint density at radius 2 is 1.86 bits per heavy atom. The van der Waals surface area contributed by atoms with E-state index in [2.05, 4.69) is 21.0 Å². The Hall–Kier alpha value is -3.72. The maximum Gasteiger partial charge on any atom is 0.254 e. The highest BCUT2D eigenvalue weighted by molar-refractivity contribution is 5.86. The zero-order valence-electron chi connectivity index (χ0n) is 24.1. The number of aliphatic hydroxyl groups is 2. The Balaban J connectivity index is 1.08. The van der Waals surface area contributed by atoms with Crippen molar-refractivity contribution in [1.29, 1.82) is 5.26 Å². The minimum atomic E-state index is -1.37. The number of rotatable bonds is 7. The van der Waals surface area contributed by atoms with Crippen LogP contribution in [0.5, 0.6) is 5.75 Å². The van der Waals surface area contributed by atoms with Gasteiger partial charge in [0, 0.05) is 49.0 Å². The lowest BCUT2D eigenvalue weighted by molar-refractivity contribution is -0.163. The normalized spacial score (nSPS) is 27.2. The second kappa shape index (κ2) is 10.2. The molecule has 8 heterocycles. The predicted molar refractivity (Wildman–Crippen MR) is 155 cm³/mol. The molecule has 1 amide bonds. The molecule has 11 nitrogen and oxygen atoms in total. The van der Waals surface area contributed by atoms with Crippen LogP contribution in [0.4, 0.5) is 5.82 Å². The molecule has 5 saturated heterocycles. The fraction of sp³-hybridized carbons (Fsp3) is 0.548. The first-order chi connectivity index (χ1) is 20.2. The van der Waals surface area contributed by atoms with Gasteiger partial charge in [-0.2, -0.15) is 10.4 Å². The summed E-state index contributed by atoms with van der Waals surface area (Å²) in [7, 11) is 0. The number of ether oxygens (including phenoxy) is 1. The third-order valence-electron chi connectivity index (χ3n) is 9.52. The lowest BCUT2D eigenvalue weighted by Gasteiger charge is -2.57. The molecule has 0 saturated carbocycles. The van der Waals surface area contributed by atoms with Gasteiger partial charge in [-0.05, 0) is 64.2 Å². The van der Waals surface area contributed by atoms with Gasteiger partial charge >= 0.3 is 0 Å². The SMILES string of the molecule is CC(C)(O)C(=O)N1C2CC1CN(c1ccc(-c3cc(OCCN4[C@@H]5CC[C@H]4C[C@@H](O)C5)cn4ncc(C#N)c34)cn1)C2. The topological polar surface area (TPSA) is 130 Å². The zero-order valence-corrected chi connectivity index (χ0v) is 24.1. The zero-order chi connectivity index (χ0) is 29.2. The highest BCUT2D eigenvalue weighted by atomic mass is 16.5. The van der Waals surface area contributed by atoms with Crippen molar-refractivity contribution in [3.63, 3.8) is 0 Å². The fourth-order valence-electron chi connectivity index (χ4n) is 7.53. The molecule has 8 rings (SSSR count). The number of aliphatic hydroxyl groups excluding tert-OH is 1. The number of nitrogens with zero attached hydrogens (tertiary/aromatic N) is 7. The van der Waals surface area contributed by atoms with E-state index in [0.29, 0.717) is 48.6 Å². The van der Waals surface area contributed by atoms with E-state index < -0.39 is 5.60 Å². The van der Waals surface area contributed by atoms with Gasteiger partial charge in [0.2, 0.25) is 0 Å². The van der Waals surface area contributed by atoms with Crippen molar-refractivity contribution in [3.8, 4) is 22.9 Å². The number of anilines is 1. The van der Waals surface area contributed by atoms with Crippen molar-refractivity contribution in [3.05, 3.63) is 42.4 Å². The number of hydrogen-bond donors (Lipinski definition) is 2. The molecule has 0 aromatic carbocycles. The molecule has 2 unspecified atom stereocenters. The average molecular weight is 572 g/mol. The summed E-state index contributed by atoms with van der Waals surface area (Å²) >= 11 is 0. The molecule has 5 aliphatic rings. The van der Waals surface area contributed by atoms with Gasteiger partial charge in [0.25, 0.3) is 5.91 Å². The minimum absolute atomic E-state index is 0.0767. The molecule has 3 aromatic rings. The van der Waals surface area contributed by atoms with Crippen LogP contribution in [0.2, 0.25) is 0 Å². The molecule has 11 heteroatoms. The summed E-state index contributed by atoms with van der Waals surface area (Å²) < 4.78 is 7.93. The third-order valence-corrected chi connectivity index (χ3v) is 9.52. The Morgan fingerprint density at radius 3 is 2.50 bits per heavy atom. The van der Waals surface area contributed by atoms with Crippen molar-refractivity contribution in [2.45, 2.75) is 81.8 Å². The molecule has 0 spiro atoms. The Kier molecular flexibility index (Phi) is 6.60. The van der Waals surface area contributed by atoms with Crippen LogP contribution < -0.4 is 9.64 Å². The molecule has 3 aromatic heterocycles. The van der Waals surface area contributed by atoms with Crippen LogP contribution in [-0.4, -0.2) is 103 Å². The molecular weight excluding hydrogens is 534 g/mol. The van der Waals surface area contributed by atoms with Gasteiger partial charge in [-0.15, -0.1) is 0 Å². The summed E-state index contributed by atoms with van der Waals surface area (Å²) in [4.78, 5) is 23.9. The van der Waals surface area contributed by atoms with Crippen LogP contribution in [0.3, 0.4) is 0 Å². The molecule has 220 valence electrons. The van der Waals surface area contributed by atoms with E-state index in [-0.39, 0.29) is 24.1 Å². The molecule has 42 heavy (non-hydrogen) atoms. The first-order valence-electron chi connectivity index (χ1n) is 14.9. The average Bonchev–Trinajstić information content (AvgIpc) is 3.49. The van der Waals surface area contributed by atoms with Crippen LogP contribution >= 0.6 is 0 Å². The van der Waals surface area contributed by atoms with Gasteiger partial charge in [0.1, 0.15) is 29.8 Å². The second-order valence-corrected chi connectivity index (χ2v) is 12.8. The van der Waals surface area contributed by atoms with Gasteiger partial charge in [0.05, 0.1) is 41.7 Å². The van der Waals surface area contributed by atoms with Gasteiger partial charge in [-0.1, -0.05) is 0 Å². The monoisotopic (exact) mass is 571 g/mol. The Morgan fingerprint density at radius 1 is 1.12 bits per heavy atom. The quantitative estimate of drug-likeness (QED) is 0.438. The summed E-state index contributed by atoms with van der Waals surface area (Å²) in [5, 5.41) is 34.5. The standard InChI is InChI=1S/C31H37N7O4/c1-31(2,41)30(40)38-23-9-24(38)17-35(16-23)28-6-3-19(14-33-28)27-12-26(18-37-29(27)20(13-32)15-34-37)42-8-7-36-21-4-5-22(36)11-25(39)10-21/h3,6,12,14-15,18,21-25,39,41H,4-5,7-11,16-17H2,1-2H3/t21-,22+,23?,24?,25+. The second-order valence-electron chi connectivity index (χ2n) is 12.8. The smallest absolute Gasteiger partial charge is 0.254 e. The van der Waals surface area contributed by atoms with Crippen molar-refractivity contribution in [1.82, 2.24) is 24.4 Å². The first kappa shape index (κ1) is 27.1. The maximum absolute atomic E-state index is 12.6. The Bertz CT molecular complexity index is 1520. The van der Waals surface area contributed by atoms with Crippen molar-refractivity contribution in [2.24, 2.45) is 0 Å². The van der Waals surface area contributed by atoms with Crippen LogP contribution in [0.15, 0.2) is 36.8 Å². The third kappa shape index (κ3) is 4.68. The summed E-state index contributed by atoms with van der Waals surface area (Å²) in [5.74, 6) is 1.29. The van der Waals surface area contributed by atoms with Gasteiger partial charge < -0.3 is 24.7 Å². The van der Waals surface area contributed by atoms with Gasteiger partial charge in [0.15, 0.2) is 0 Å². The fourth-order valence-corrected chi connectivity index (χ4v) is 7.53. The van der Waals surface area contributed by atoms with Crippen molar-refractivity contribution in [2.75, 3.05) is 31.1 Å². The number of piperazine rings is 1. The highest BCUT2D eigenvalue weighted by Gasteiger charge is 2.50. The molecule has 5 atom stereocenters. The van der Waals surface area contributed by atoms with E-state index in [1.54, 1.807) is 24.6 Å². The molecule has 5 fully saturated rings. The van der Waals surface area contributed by atoms with Crippen LogP contribution in [0.25, 0.3) is 16.6 Å². The molecule has 4 bridgehead atoms. The van der Waals surface area contributed by atoms with Gasteiger partial charge in [-0.3, -0.25) is 9.69 Å². The van der Waals surface area contributed by atoms with Crippen LogP contribution in [0, 0.1) is 11.3 Å². The molecular formula is C31H37N7O4. The summed E-state index contributed by atoms with van der Waals surface area (Å²) in [5.41, 5.74) is 1.51. The number of fused-ring (bicyclic) bond motifs is 5. The largest absolute Gasteiger partial charge is 0.491 e. The van der Waals surface area contributed by atoms with E-state index >= 15 is 0 Å². The number of piperidine rings is 2.